The summed E-state index contributed by atoms with van der Waals surface area (Å²) in [6, 6.07) is 7.42. The number of hydrogen-bond donors (Lipinski definition) is 1. The average Bonchev–Trinajstić information content (AvgIpc) is 2.40. The van der Waals surface area contributed by atoms with Gasteiger partial charge in [-0.05, 0) is 12.1 Å². The molecule has 0 aliphatic heterocycles. The maximum Gasteiger partial charge on any atom is 1.00 e. The SMILES string of the molecule is O.O=S(=O)(O)c1ccccc1.[CH2-]CCCCCCCC.[Cu+]. The van der Waals surface area contributed by atoms with Gasteiger partial charge < -0.3 is 12.4 Å². The molecule has 4 nitrogen and oxygen atoms in total. The summed E-state index contributed by atoms with van der Waals surface area (Å²) in [7, 11) is -4.00. The van der Waals surface area contributed by atoms with Crippen molar-refractivity contribution in [3.05, 3.63) is 37.3 Å². The molecule has 0 aromatic heterocycles. The molecule has 6 heteroatoms. The number of unbranched alkanes of at least 4 members (excludes halogenated alkanes) is 6. The molecule has 0 unspecified atom stereocenters. The van der Waals surface area contributed by atoms with Crippen molar-refractivity contribution in [3.8, 4) is 0 Å². The first-order valence-electron chi connectivity index (χ1n) is 6.84. The van der Waals surface area contributed by atoms with Crippen LogP contribution in [0.3, 0.4) is 0 Å². The molecule has 21 heavy (non-hydrogen) atoms. The molecule has 0 spiro atoms. The van der Waals surface area contributed by atoms with Gasteiger partial charge in [-0.1, -0.05) is 63.6 Å². The largest absolute Gasteiger partial charge is 1.00 e. The predicted octanol–water partition coefficient (Wildman–Crippen LogP) is 3.68. The van der Waals surface area contributed by atoms with Crippen molar-refractivity contribution in [2.75, 3.05) is 0 Å². The van der Waals surface area contributed by atoms with E-state index in [-0.39, 0.29) is 27.4 Å². The van der Waals surface area contributed by atoms with Crippen LogP contribution in [0.2, 0.25) is 0 Å². The van der Waals surface area contributed by atoms with E-state index in [2.05, 4.69) is 13.8 Å². The zero-order valence-electron chi connectivity index (χ0n) is 12.5. The Morgan fingerprint density at radius 1 is 1.00 bits per heavy atom. The summed E-state index contributed by atoms with van der Waals surface area (Å²) in [5.74, 6) is 0. The van der Waals surface area contributed by atoms with E-state index in [4.69, 9.17) is 4.55 Å². The van der Waals surface area contributed by atoms with E-state index in [0.29, 0.717) is 0 Å². The molecule has 3 N–H and O–H groups in total. The van der Waals surface area contributed by atoms with Crippen molar-refractivity contribution in [1.82, 2.24) is 0 Å². The predicted molar refractivity (Wildman–Crippen MR) is 83.2 cm³/mol. The molecule has 0 saturated carbocycles. The zero-order valence-corrected chi connectivity index (χ0v) is 14.3. The fraction of sp³-hybridized carbons (Fsp3) is 0.533. The van der Waals surface area contributed by atoms with Crippen LogP contribution in [-0.2, 0) is 27.2 Å². The topological polar surface area (TPSA) is 85.9 Å². The molecule has 0 radical (unpaired) electrons. The van der Waals surface area contributed by atoms with E-state index < -0.39 is 10.1 Å². The van der Waals surface area contributed by atoms with E-state index in [0.717, 1.165) is 6.42 Å². The second kappa shape index (κ2) is 16.0. The molecule has 0 fully saturated rings. The van der Waals surface area contributed by atoms with Crippen LogP contribution in [0.4, 0.5) is 0 Å². The van der Waals surface area contributed by atoms with Crippen molar-refractivity contribution >= 4 is 10.1 Å². The van der Waals surface area contributed by atoms with Crippen LogP contribution in [0.1, 0.15) is 51.9 Å². The second-order valence-electron chi connectivity index (χ2n) is 4.41. The van der Waals surface area contributed by atoms with Gasteiger partial charge in [0.2, 0.25) is 0 Å². The summed E-state index contributed by atoms with van der Waals surface area (Å²) in [5, 5.41) is 0. The molecule has 0 amide bonds. The molecule has 1 aromatic carbocycles. The van der Waals surface area contributed by atoms with Gasteiger partial charge in [0.25, 0.3) is 10.1 Å². The molecule has 0 aliphatic carbocycles. The van der Waals surface area contributed by atoms with Gasteiger partial charge in [-0.3, -0.25) is 4.55 Å². The Kier molecular flexibility index (Phi) is 19.5. The maximum atomic E-state index is 10.4. The Labute approximate surface area is 139 Å². The van der Waals surface area contributed by atoms with E-state index in [1.165, 1.54) is 50.7 Å². The molecular formula is C15H27CuO4S. The first kappa shape index (κ1) is 25.6. The van der Waals surface area contributed by atoms with Crippen molar-refractivity contribution in [2.24, 2.45) is 0 Å². The van der Waals surface area contributed by atoms with Crippen molar-refractivity contribution in [1.29, 1.82) is 0 Å². The maximum absolute atomic E-state index is 10.4. The summed E-state index contributed by atoms with van der Waals surface area (Å²) in [4.78, 5) is -0.0741. The Hall–Kier alpha value is -0.391. The van der Waals surface area contributed by atoms with Gasteiger partial charge in [0, 0.05) is 0 Å². The van der Waals surface area contributed by atoms with Gasteiger partial charge in [-0.2, -0.15) is 14.8 Å². The molecule has 128 valence electrons. The molecule has 0 atom stereocenters. The van der Waals surface area contributed by atoms with Gasteiger partial charge in [-0.25, -0.2) is 0 Å². The zero-order chi connectivity index (χ0) is 14.6. The van der Waals surface area contributed by atoms with Crippen LogP contribution < -0.4 is 0 Å². The number of hydrogen-bond acceptors (Lipinski definition) is 2. The normalized spacial score (nSPS) is 9.67. The van der Waals surface area contributed by atoms with Crippen LogP contribution in [0.5, 0.6) is 0 Å². The Balaban J connectivity index is -0.000000284. The minimum absolute atomic E-state index is 0. The Morgan fingerprint density at radius 2 is 1.48 bits per heavy atom. The van der Waals surface area contributed by atoms with Crippen molar-refractivity contribution in [2.45, 2.75) is 56.8 Å². The minimum Gasteiger partial charge on any atom is -0.412 e. The van der Waals surface area contributed by atoms with Crippen LogP contribution in [0.25, 0.3) is 0 Å². The van der Waals surface area contributed by atoms with Crippen LogP contribution in [0.15, 0.2) is 35.2 Å². The van der Waals surface area contributed by atoms with Gasteiger partial charge in [0.05, 0.1) is 4.90 Å². The van der Waals surface area contributed by atoms with E-state index in [1.54, 1.807) is 18.2 Å². The van der Waals surface area contributed by atoms with Crippen LogP contribution in [0, 0.1) is 6.92 Å². The Morgan fingerprint density at radius 3 is 1.86 bits per heavy atom. The third-order valence-corrected chi connectivity index (χ3v) is 3.51. The van der Waals surface area contributed by atoms with E-state index in [9.17, 15) is 8.42 Å². The molecule has 1 aromatic rings. The third-order valence-electron chi connectivity index (χ3n) is 2.64. The summed E-state index contributed by atoms with van der Waals surface area (Å²) in [5.41, 5.74) is 0. The van der Waals surface area contributed by atoms with Crippen LogP contribution in [-0.4, -0.2) is 18.4 Å². The molecule has 0 heterocycles. The fourth-order valence-electron chi connectivity index (χ4n) is 1.55. The molecule has 0 aliphatic rings. The van der Waals surface area contributed by atoms with E-state index >= 15 is 0 Å². The minimum atomic E-state index is -4.00. The number of benzene rings is 1. The molecule has 1 rings (SSSR count). The summed E-state index contributed by atoms with van der Waals surface area (Å²) >= 11 is 0. The monoisotopic (exact) mass is 366 g/mol. The quantitative estimate of drug-likeness (QED) is 0.345. The Bertz CT molecular complexity index is 401. The van der Waals surface area contributed by atoms with Gasteiger partial charge >= 0.3 is 17.1 Å². The molecular weight excluding hydrogens is 340 g/mol. The van der Waals surface area contributed by atoms with Gasteiger partial charge in [0.1, 0.15) is 0 Å². The van der Waals surface area contributed by atoms with Gasteiger partial charge in [-0.15, -0.1) is 0 Å². The standard InChI is InChI=1S/C9H19.C6H6O3S.Cu.H2O/c1-3-5-7-9-8-6-4-2;7-10(8,9)6-4-2-1-3-5-6;;/h1,3-9H2,2H3;1-5H,(H,7,8,9);;1H2/q-1;;+1;. The van der Waals surface area contributed by atoms with Crippen molar-refractivity contribution in [3.63, 3.8) is 0 Å². The first-order valence-corrected chi connectivity index (χ1v) is 8.28. The second-order valence-corrected chi connectivity index (χ2v) is 5.83. The smallest absolute Gasteiger partial charge is 0.412 e. The van der Waals surface area contributed by atoms with Crippen molar-refractivity contribution < 1.29 is 35.5 Å². The van der Waals surface area contributed by atoms with Crippen LogP contribution >= 0.6 is 0 Å². The van der Waals surface area contributed by atoms with Gasteiger partial charge in [0.15, 0.2) is 0 Å². The first-order chi connectivity index (χ1) is 9.02. The number of rotatable bonds is 7. The fourth-order valence-corrected chi connectivity index (χ4v) is 2.05. The third kappa shape index (κ3) is 15.8. The molecule has 0 saturated heterocycles. The van der Waals surface area contributed by atoms with E-state index in [1.807, 2.05) is 0 Å². The average molecular weight is 367 g/mol. The summed E-state index contributed by atoms with van der Waals surface area (Å²) in [6.07, 6.45) is 9.45. The molecule has 0 bridgehead atoms. The summed E-state index contributed by atoms with van der Waals surface area (Å²) < 4.78 is 29.2. The summed E-state index contributed by atoms with van der Waals surface area (Å²) in [6.45, 7) is 6.05.